The van der Waals surface area contributed by atoms with Gasteiger partial charge in [-0.2, -0.15) is 5.10 Å². The van der Waals surface area contributed by atoms with Crippen molar-refractivity contribution < 1.29 is 9.59 Å². The van der Waals surface area contributed by atoms with E-state index in [0.29, 0.717) is 30.2 Å². The monoisotopic (exact) mass is 393 g/mol. The van der Waals surface area contributed by atoms with Crippen molar-refractivity contribution in [1.29, 1.82) is 0 Å². The van der Waals surface area contributed by atoms with E-state index in [9.17, 15) is 9.59 Å². The smallest absolute Gasteiger partial charge is 0.254 e. The normalized spacial score (nSPS) is 21.0. The number of likely N-dealkylation sites (tertiary alicyclic amines) is 1. The van der Waals surface area contributed by atoms with E-state index < -0.39 is 5.91 Å². The summed E-state index contributed by atoms with van der Waals surface area (Å²) >= 11 is 0. The highest BCUT2D eigenvalue weighted by molar-refractivity contribution is 5.98. The van der Waals surface area contributed by atoms with Crippen LogP contribution in [0.4, 0.5) is 5.82 Å². The van der Waals surface area contributed by atoms with Crippen LogP contribution in [0.15, 0.2) is 36.9 Å². The standard InChI is InChI=1S/C22H27N5O2/c1-2-18(28)26-11-5-8-17(26)13-27-21(23)19(22(24)29)20(25-27)16-10-9-14-6-3-4-7-15(14)12-16/h2-4,6-7,16-17H,1,5,8-13,23H2,(H2,24,29)/t16?,17-/m0/s1. The number of amides is 2. The van der Waals surface area contributed by atoms with Crippen LogP contribution in [-0.2, 0) is 24.2 Å². The molecule has 1 aliphatic carbocycles. The Hall–Kier alpha value is -3.09. The maximum atomic E-state index is 12.2. The largest absolute Gasteiger partial charge is 0.383 e. The quantitative estimate of drug-likeness (QED) is 0.758. The molecular formula is C22H27N5O2. The van der Waals surface area contributed by atoms with E-state index >= 15 is 0 Å². The SMILES string of the molecule is C=CC(=O)N1CCC[C@H]1Cn1nc(C2CCc3ccccc3C2)c(C(N)=O)c1N. The molecule has 2 heterocycles. The molecule has 0 bridgehead atoms. The molecule has 0 spiro atoms. The van der Waals surface area contributed by atoms with E-state index in [0.717, 1.165) is 32.1 Å². The van der Waals surface area contributed by atoms with Crippen LogP contribution in [0.25, 0.3) is 0 Å². The Bertz CT molecular complexity index is 964. The third-order valence-electron chi connectivity index (χ3n) is 6.22. The molecule has 7 nitrogen and oxygen atoms in total. The predicted octanol–water partition coefficient (Wildman–Crippen LogP) is 2.01. The van der Waals surface area contributed by atoms with Gasteiger partial charge in [0.2, 0.25) is 5.91 Å². The van der Waals surface area contributed by atoms with Gasteiger partial charge in [0.15, 0.2) is 0 Å². The molecule has 2 atom stereocenters. The van der Waals surface area contributed by atoms with Crippen LogP contribution in [0.3, 0.4) is 0 Å². The minimum absolute atomic E-state index is 0.0108. The molecule has 1 saturated heterocycles. The number of nitrogens with zero attached hydrogens (tertiary/aromatic N) is 3. The van der Waals surface area contributed by atoms with Crippen molar-refractivity contribution in [3.63, 3.8) is 0 Å². The lowest BCUT2D eigenvalue weighted by Gasteiger charge is -2.24. The maximum absolute atomic E-state index is 12.2. The van der Waals surface area contributed by atoms with Gasteiger partial charge in [-0.1, -0.05) is 30.8 Å². The number of nitrogen functional groups attached to an aromatic ring is 1. The highest BCUT2D eigenvalue weighted by Crippen LogP contribution is 2.35. The third-order valence-corrected chi connectivity index (χ3v) is 6.22. The lowest BCUT2D eigenvalue weighted by Crippen LogP contribution is -2.37. The van der Waals surface area contributed by atoms with Gasteiger partial charge in [-0.15, -0.1) is 0 Å². The number of primary amides is 1. The van der Waals surface area contributed by atoms with Crippen molar-refractivity contribution in [2.24, 2.45) is 5.73 Å². The molecule has 2 aliphatic rings. The minimum Gasteiger partial charge on any atom is -0.383 e. The average Bonchev–Trinajstić information content (AvgIpc) is 3.32. The molecule has 4 N–H and O–H groups in total. The number of hydrogen-bond acceptors (Lipinski definition) is 4. The molecule has 1 aliphatic heterocycles. The molecule has 7 heteroatoms. The average molecular weight is 393 g/mol. The van der Waals surface area contributed by atoms with E-state index in [1.54, 1.807) is 9.58 Å². The summed E-state index contributed by atoms with van der Waals surface area (Å²) in [5.74, 6) is -0.236. The molecule has 1 aromatic carbocycles. The van der Waals surface area contributed by atoms with Gasteiger partial charge < -0.3 is 16.4 Å². The van der Waals surface area contributed by atoms with Gasteiger partial charge in [-0.25, -0.2) is 4.68 Å². The molecule has 2 aromatic rings. The van der Waals surface area contributed by atoms with Crippen LogP contribution in [0, 0.1) is 0 Å². The molecule has 0 radical (unpaired) electrons. The Labute approximate surface area is 170 Å². The van der Waals surface area contributed by atoms with Crippen molar-refractivity contribution >= 4 is 17.6 Å². The number of rotatable bonds is 5. The van der Waals surface area contributed by atoms with E-state index in [1.807, 2.05) is 6.07 Å². The Balaban J connectivity index is 1.63. The summed E-state index contributed by atoms with van der Waals surface area (Å²) in [6, 6.07) is 8.36. The second-order valence-electron chi connectivity index (χ2n) is 7.93. The van der Waals surface area contributed by atoms with E-state index in [1.165, 1.54) is 17.2 Å². The summed E-state index contributed by atoms with van der Waals surface area (Å²) in [7, 11) is 0. The van der Waals surface area contributed by atoms with Gasteiger partial charge >= 0.3 is 0 Å². The molecule has 29 heavy (non-hydrogen) atoms. The number of fused-ring (bicyclic) bond motifs is 1. The lowest BCUT2D eigenvalue weighted by atomic mass is 9.81. The van der Waals surface area contributed by atoms with E-state index in [-0.39, 0.29) is 17.9 Å². The van der Waals surface area contributed by atoms with Crippen molar-refractivity contribution in [3.05, 3.63) is 59.3 Å². The van der Waals surface area contributed by atoms with Crippen LogP contribution >= 0.6 is 0 Å². The molecule has 2 amide bonds. The maximum Gasteiger partial charge on any atom is 0.254 e. The number of aryl methyl sites for hydroxylation is 1. The first-order valence-electron chi connectivity index (χ1n) is 10.2. The summed E-state index contributed by atoms with van der Waals surface area (Å²) in [5.41, 5.74) is 15.6. The van der Waals surface area contributed by atoms with Crippen LogP contribution in [0.1, 0.15) is 52.4 Å². The predicted molar refractivity (Wildman–Crippen MR) is 111 cm³/mol. The van der Waals surface area contributed by atoms with Crippen LogP contribution in [-0.4, -0.2) is 39.1 Å². The van der Waals surface area contributed by atoms with Gasteiger partial charge in [-0.3, -0.25) is 9.59 Å². The summed E-state index contributed by atoms with van der Waals surface area (Å²) in [4.78, 5) is 26.1. The van der Waals surface area contributed by atoms with Crippen LogP contribution in [0.2, 0.25) is 0 Å². The van der Waals surface area contributed by atoms with Gasteiger partial charge in [0.25, 0.3) is 5.91 Å². The second-order valence-corrected chi connectivity index (χ2v) is 7.93. The Morgan fingerprint density at radius 3 is 2.72 bits per heavy atom. The fraction of sp³-hybridized carbons (Fsp3) is 0.409. The number of benzene rings is 1. The van der Waals surface area contributed by atoms with Gasteiger partial charge in [0, 0.05) is 12.5 Å². The van der Waals surface area contributed by atoms with Crippen molar-refractivity contribution in [1.82, 2.24) is 14.7 Å². The van der Waals surface area contributed by atoms with Crippen molar-refractivity contribution in [3.8, 4) is 0 Å². The Morgan fingerprint density at radius 2 is 2.00 bits per heavy atom. The van der Waals surface area contributed by atoms with Gasteiger partial charge in [0.05, 0.1) is 18.3 Å². The van der Waals surface area contributed by atoms with Crippen molar-refractivity contribution in [2.75, 3.05) is 12.3 Å². The molecular weight excluding hydrogens is 366 g/mol. The summed E-state index contributed by atoms with van der Waals surface area (Å²) in [5, 5.41) is 4.74. The van der Waals surface area contributed by atoms with E-state index in [2.05, 4.69) is 24.8 Å². The highest BCUT2D eigenvalue weighted by Gasteiger charge is 2.32. The van der Waals surface area contributed by atoms with Gasteiger partial charge in [0.1, 0.15) is 11.4 Å². The number of nitrogens with two attached hydrogens (primary N) is 2. The van der Waals surface area contributed by atoms with Crippen molar-refractivity contribution in [2.45, 2.75) is 50.6 Å². The topological polar surface area (TPSA) is 107 Å². The zero-order valence-corrected chi connectivity index (χ0v) is 16.5. The zero-order valence-electron chi connectivity index (χ0n) is 16.5. The molecule has 4 rings (SSSR count). The first-order chi connectivity index (χ1) is 14.0. The van der Waals surface area contributed by atoms with Gasteiger partial charge in [-0.05, 0) is 49.3 Å². The third kappa shape index (κ3) is 3.52. The van der Waals surface area contributed by atoms with E-state index in [4.69, 9.17) is 16.6 Å². The fourth-order valence-electron chi connectivity index (χ4n) is 4.74. The second kappa shape index (κ2) is 7.73. The first kappa shape index (κ1) is 19.2. The number of aromatic nitrogens is 2. The Kier molecular flexibility index (Phi) is 5.13. The Morgan fingerprint density at radius 1 is 1.24 bits per heavy atom. The molecule has 0 saturated carbocycles. The fourth-order valence-corrected chi connectivity index (χ4v) is 4.74. The highest BCUT2D eigenvalue weighted by atomic mass is 16.2. The van der Waals surface area contributed by atoms with Crippen LogP contribution < -0.4 is 11.5 Å². The number of hydrogen-bond donors (Lipinski definition) is 2. The summed E-state index contributed by atoms with van der Waals surface area (Å²) in [6.45, 7) is 4.74. The molecule has 1 unspecified atom stereocenters. The number of anilines is 1. The lowest BCUT2D eigenvalue weighted by molar-refractivity contribution is -0.127. The number of carbonyl (C=O) groups excluding carboxylic acids is 2. The zero-order chi connectivity index (χ0) is 20.5. The van der Waals surface area contributed by atoms with Crippen LogP contribution in [0.5, 0.6) is 0 Å². The molecule has 1 fully saturated rings. The first-order valence-corrected chi connectivity index (χ1v) is 10.2. The summed E-state index contributed by atoms with van der Waals surface area (Å²) in [6.07, 6.45) is 5.80. The number of carbonyl (C=O) groups is 2. The molecule has 152 valence electrons. The minimum atomic E-state index is -0.548. The summed E-state index contributed by atoms with van der Waals surface area (Å²) < 4.78 is 1.66. The molecule has 1 aromatic heterocycles.